The van der Waals surface area contributed by atoms with Gasteiger partial charge in [-0.15, -0.1) is 0 Å². The molecule has 2 aromatic carbocycles. The number of benzene rings is 2. The Balaban J connectivity index is 1.88. The minimum atomic E-state index is -4.45. The summed E-state index contributed by atoms with van der Waals surface area (Å²) >= 11 is 0. The Hall–Kier alpha value is -3.82. The third-order valence-corrected chi connectivity index (χ3v) is 4.50. The van der Waals surface area contributed by atoms with Crippen molar-refractivity contribution < 1.29 is 37.2 Å². The zero-order chi connectivity index (χ0) is 24.0. The van der Waals surface area contributed by atoms with E-state index in [0.717, 1.165) is 17.7 Å². The minimum Gasteiger partial charge on any atom is -0.487 e. The van der Waals surface area contributed by atoms with Crippen LogP contribution in [0.4, 0.5) is 13.2 Å². The second-order valence-corrected chi connectivity index (χ2v) is 7.11. The first kappa shape index (κ1) is 23.8. The highest BCUT2D eigenvalue weighted by Gasteiger charge is 2.30. The quantitative estimate of drug-likeness (QED) is 0.345. The number of nitrogens with zero attached hydrogens (tertiary/aromatic N) is 2. The number of carboxylic acids is 1. The number of hydrogen-bond acceptors (Lipinski definition) is 6. The van der Waals surface area contributed by atoms with Crippen LogP contribution in [-0.4, -0.2) is 29.1 Å². The fraction of sp³-hybridized carbons (Fsp3) is 0.261. The molecule has 0 saturated carbocycles. The highest BCUT2D eigenvalue weighted by molar-refractivity contribution is 5.89. The predicted octanol–water partition coefficient (Wildman–Crippen LogP) is 5.25. The largest absolute Gasteiger partial charge is 0.487 e. The van der Waals surface area contributed by atoms with Gasteiger partial charge in [0.1, 0.15) is 24.7 Å². The number of aliphatic carboxylic acids is 1. The van der Waals surface area contributed by atoms with E-state index in [1.807, 2.05) is 6.92 Å². The molecule has 1 heterocycles. The number of halogens is 3. The van der Waals surface area contributed by atoms with Gasteiger partial charge in [0, 0.05) is 5.56 Å². The summed E-state index contributed by atoms with van der Waals surface area (Å²) in [5.41, 5.74) is 1.74. The van der Waals surface area contributed by atoms with Crippen molar-refractivity contribution >= 4 is 12.2 Å². The van der Waals surface area contributed by atoms with E-state index in [9.17, 15) is 18.0 Å². The second-order valence-electron chi connectivity index (χ2n) is 7.11. The highest BCUT2D eigenvalue weighted by Crippen LogP contribution is 2.32. The number of aryl methyl sites for hydroxylation is 1. The molecule has 0 aliphatic carbocycles. The van der Waals surface area contributed by atoms with Crippen molar-refractivity contribution in [3.05, 3.63) is 70.4 Å². The second kappa shape index (κ2) is 10.2. The first-order chi connectivity index (χ1) is 15.7. The van der Waals surface area contributed by atoms with Gasteiger partial charge in [0.15, 0.2) is 5.76 Å². The fourth-order valence-electron chi connectivity index (χ4n) is 3.09. The lowest BCUT2D eigenvalue weighted by Crippen LogP contribution is -2.04. The molecule has 0 bridgehead atoms. The maximum Gasteiger partial charge on any atom is 0.416 e. The van der Waals surface area contributed by atoms with Crippen molar-refractivity contribution in [3.8, 4) is 17.1 Å². The molecule has 0 atom stereocenters. The van der Waals surface area contributed by atoms with Crippen LogP contribution in [0.1, 0.15) is 34.9 Å². The van der Waals surface area contributed by atoms with Gasteiger partial charge in [-0.05, 0) is 49.2 Å². The van der Waals surface area contributed by atoms with Crippen LogP contribution in [0.3, 0.4) is 0 Å². The van der Waals surface area contributed by atoms with E-state index < -0.39 is 17.7 Å². The molecule has 0 aliphatic rings. The van der Waals surface area contributed by atoms with Gasteiger partial charge in [-0.2, -0.15) is 13.2 Å². The summed E-state index contributed by atoms with van der Waals surface area (Å²) in [5.74, 6) is -0.307. The Labute approximate surface area is 187 Å². The van der Waals surface area contributed by atoms with Gasteiger partial charge < -0.3 is 19.2 Å². The maximum absolute atomic E-state index is 12.9. The highest BCUT2D eigenvalue weighted by atomic mass is 19.4. The van der Waals surface area contributed by atoms with E-state index in [2.05, 4.69) is 10.3 Å². The smallest absolute Gasteiger partial charge is 0.416 e. The number of hydrogen-bond donors (Lipinski definition) is 1. The molecule has 174 valence electrons. The van der Waals surface area contributed by atoms with Gasteiger partial charge in [0.2, 0.25) is 0 Å². The summed E-state index contributed by atoms with van der Waals surface area (Å²) in [7, 11) is 0. The monoisotopic (exact) mass is 462 g/mol. The Morgan fingerprint density at radius 2 is 1.94 bits per heavy atom. The topological polar surface area (TPSA) is 94.2 Å². The zero-order valence-corrected chi connectivity index (χ0v) is 17.8. The Kier molecular flexibility index (Phi) is 7.37. The van der Waals surface area contributed by atoms with Crippen molar-refractivity contribution in [2.75, 3.05) is 6.61 Å². The molecular weight excluding hydrogens is 441 g/mol. The molecule has 1 N–H and O–H groups in total. The number of carbonyl (C=O) groups is 1. The molecule has 3 aromatic rings. The van der Waals surface area contributed by atoms with Crippen molar-refractivity contribution in [1.82, 2.24) is 5.16 Å². The standard InChI is InChI=1S/C23H21F3N2O5/c1-3-32-27-12-19-20(13-31-18-9-14(2)8-15(10-18)11-21(29)30)28-33-22(19)16-4-6-17(7-5-16)23(24,25)26/h4-10,12H,3,11,13H2,1-2H3,(H,29,30)/b27-12+. The lowest BCUT2D eigenvalue weighted by atomic mass is 10.1. The van der Waals surface area contributed by atoms with Crippen molar-refractivity contribution in [2.45, 2.75) is 33.1 Å². The minimum absolute atomic E-state index is 0.0480. The lowest BCUT2D eigenvalue weighted by molar-refractivity contribution is -0.138. The third kappa shape index (κ3) is 6.34. The molecule has 0 saturated heterocycles. The van der Waals surface area contributed by atoms with Crippen LogP contribution in [0.5, 0.6) is 5.75 Å². The average molecular weight is 462 g/mol. The maximum atomic E-state index is 12.9. The summed E-state index contributed by atoms with van der Waals surface area (Å²) in [6, 6.07) is 9.58. The summed E-state index contributed by atoms with van der Waals surface area (Å²) < 4.78 is 49.8. The Morgan fingerprint density at radius 3 is 2.58 bits per heavy atom. The van der Waals surface area contributed by atoms with E-state index in [0.29, 0.717) is 34.7 Å². The van der Waals surface area contributed by atoms with Crippen LogP contribution in [-0.2, 0) is 28.8 Å². The molecule has 0 amide bonds. The molecule has 0 spiro atoms. The van der Waals surface area contributed by atoms with Crippen molar-refractivity contribution in [3.63, 3.8) is 0 Å². The predicted molar refractivity (Wildman–Crippen MR) is 113 cm³/mol. The molecule has 10 heteroatoms. The van der Waals surface area contributed by atoms with Crippen LogP contribution in [0.2, 0.25) is 0 Å². The molecule has 33 heavy (non-hydrogen) atoms. The van der Waals surface area contributed by atoms with Crippen LogP contribution in [0.15, 0.2) is 52.1 Å². The lowest BCUT2D eigenvalue weighted by Gasteiger charge is -2.08. The van der Waals surface area contributed by atoms with Crippen molar-refractivity contribution in [2.24, 2.45) is 5.16 Å². The first-order valence-electron chi connectivity index (χ1n) is 9.94. The Bertz CT molecular complexity index is 1140. The van der Waals surface area contributed by atoms with E-state index in [4.69, 9.17) is 19.2 Å². The molecule has 0 aliphatic heterocycles. The third-order valence-electron chi connectivity index (χ3n) is 4.50. The number of alkyl halides is 3. The number of oxime groups is 1. The number of ether oxygens (including phenoxy) is 1. The molecule has 0 unspecified atom stereocenters. The van der Waals surface area contributed by atoms with Gasteiger partial charge in [-0.25, -0.2) is 0 Å². The summed E-state index contributed by atoms with van der Waals surface area (Å²) in [6.45, 7) is 3.84. The van der Waals surface area contributed by atoms with Gasteiger partial charge in [0.25, 0.3) is 0 Å². The van der Waals surface area contributed by atoms with Gasteiger partial charge in [-0.1, -0.05) is 28.5 Å². The van der Waals surface area contributed by atoms with Gasteiger partial charge in [0.05, 0.1) is 23.8 Å². The molecule has 7 nitrogen and oxygen atoms in total. The number of aromatic nitrogens is 1. The van der Waals surface area contributed by atoms with E-state index in [1.54, 1.807) is 25.1 Å². The molecule has 3 rings (SSSR count). The number of rotatable bonds is 9. The summed E-state index contributed by atoms with van der Waals surface area (Å²) in [4.78, 5) is 16.0. The first-order valence-corrected chi connectivity index (χ1v) is 9.94. The summed E-state index contributed by atoms with van der Waals surface area (Å²) in [5, 5.41) is 16.8. The normalized spacial score (nSPS) is 11.7. The van der Waals surface area contributed by atoms with Crippen LogP contribution in [0.25, 0.3) is 11.3 Å². The summed E-state index contributed by atoms with van der Waals surface area (Å²) in [6.07, 6.45) is -3.24. The molecule has 0 fully saturated rings. The fourth-order valence-corrected chi connectivity index (χ4v) is 3.09. The van der Waals surface area contributed by atoms with E-state index in [-0.39, 0.29) is 18.8 Å². The van der Waals surface area contributed by atoms with E-state index >= 15 is 0 Å². The van der Waals surface area contributed by atoms with Crippen LogP contribution < -0.4 is 4.74 Å². The van der Waals surface area contributed by atoms with Gasteiger partial charge in [-0.3, -0.25) is 4.79 Å². The SMILES string of the molecule is CCO/N=C/c1c(COc2cc(C)cc(CC(=O)O)c2)noc1-c1ccc(C(F)(F)F)cc1. The molecular formula is C23H21F3N2O5. The van der Waals surface area contributed by atoms with Crippen LogP contribution in [0, 0.1) is 6.92 Å². The zero-order valence-electron chi connectivity index (χ0n) is 17.8. The molecule has 1 aromatic heterocycles. The van der Waals surface area contributed by atoms with Crippen molar-refractivity contribution in [1.29, 1.82) is 0 Å². The van der Waals surface area contributed by atoms with Gasteiger partial charge >= 0.3 is 12.1 Å². The van der Waals surface area contributed by atoms with E-state index in [1.165, 1.54) is 18.3 Å². The Morgan fingerprint density at radius 1 is 1.21 bits per heavy atom. The van der Waals surface area contributed by atoms with Crippen LogP contribution >= 0.6 is 0 Å². The number of carboxylic acid groups (broad SMARTS) is 1. The molecule has 0 radical (unpaired) electrons. The average Bonchev–Trinajstić information content (AvgIpc) is 3.14.